The molecule has 0 radical (unpaired) electrons. The first-order chi connectivity index (χ1) is 6.15. The van der Waals surface area contributed by atoms with Crippen LogP contribution in [0, 0.1) is 12.3 Å². The molecule has 0 unspecified atom stereocenters. The standard InChI is InChI=1S/C10H15N3/c1-3-13-9-5-4-7(2)6-8(9)10(11)12/h4-6,13H,3H2,1-2H3,(H3,11,12). The Morgan fingerprint density at radius 3 is 2.77 bits per heavy atom. The fraction of sp³-hybridized carbons (Fsp3) is 0.300. The molecule has 0 saturated heterocycles. The lowest BCUT2D eigenvalue weighted by atomic mass is 10.1. The summed E-state index contributed by atoms with van der Waals surface area (Å²) in [6.45, 7) is 4.84. The van der Waals surface area contributed by atoms with Crippen LogP contribution >= 0.6 is 0 Å². The van der Waals surface area contributed by atoms with Crippen LogP contribution in [0.3, 0.4) is 0 Å². The molecule has 0 saturated carbocycles. The van der Waals surface area contributed by atoms with Crippen molar-refractivity contribution in [3.63, 3.8) is 0 Å². The molecule has 3 heteroatoms. The van der Waals surface area contributed by atoms with Crippen molar-refractivity contribution < 1.29 is 0 Å². The summed E-state index contributed by atoms with van der Waals surface area (Å²) in [6.07, 6.45) is 0. The predicted molar refractivity (Wildman–Crippen MR) is 56.4 cm³/mol. The van der Waals surface area contributed by atoms with Crippen molar-refractivity contribution in [1.29, 1.82) is 5.41 Å². The summed E-state index contributed by atoms with van der Waals surface area (Å²) in [6, 6.07) is 5.88. The number of benzene rings is 1. The number of nitrogens with two attached hydrogens (primary N) is 1. The molecule has 4 N–H and O–H groups in total. The molecule has 0 aromatic heterocycles. The third-order valence-electron chi connectivity index (χ3n) is 1.83. The van der Waals surface area contributed by atoms with Gasteiger partial charge in [0.15, 0.2) is 0 Å². The van der Waals surface area contributed by atoms with Gasteiger partial charge in [0, 0.05) is 17.8 Å². The van der Waals surface area contributed by atoms with Gasteiger partial charge in [-0.2, -0.15) is 0 Å². The van der Waals surface area contributed by atoms with Gasteiger partial charge in [0.2, 0.25) is 0 Å². The molecule has 0 spiro atoms. The Balaban J connectivity index is 3.10. The van der Waals surface area contributed by atoms with E-state index in [1.807, 2.05) is 32.0 Å². The third kappa shape index (κ3) is 2.21. The van der Waals surface area contributed by atoms with E-state index in [2.05, 4.69) is 5.32 Å². The number of aryl methyl sites for hydroxylation is 1. The SMILES string of the molecule is CCNc1ccc(C)cc1C(=N)N. The summed E-state index contributed by atoms with van der Waals surface area (Å²) < 4.78 is 0. The Bertz CT molecular complexity index is 318. The van der Waals surface area contributed by atoms with E-state index in [1.165, 1.54) is 0 Å². The molecule has 0 aliphatic carbocycles. The first-order valence-corrected chi connectivity index (χ1v) is 4.34. The summed E-state index contributed by atoms with van der Waals surface area (Å²) in [5.41, 5.74) is 8.29. The maximum atomic E-state index is 7.39. The number of amidine groups is 1. The fourth-order valence-electron chi connectivity index (χ4n) is 1.23. The van der Waals surface area contributed by atoms with Gasteiger partial charge >= 0.3 is 0 Å². The van der Waals surface area contributed by atoms with E-state index in [4.69, 9.17) is 11.1 Å². The third-order valence-corrected chi connectivity index (χ3v) is 1.83. The van der Waals surface area contributed by atoms with Gasteiger partial charge in [-0.1, -0.05) is 11.6 Å². The molecule has 3 nitrogen and oxygen atoms in total. The second-order valence-electron chi connectivity index (χ2n) is 2.99. The zero-order valence-corrected chi connectivity index (χ0v) is 8.02. The van der Waals surface area contributed by atoms with E-state index in [1.54, 1.807) is 0 Å². The van der Waals surface area contributed by atoms with E-state index in [-0.39, 0.29) is 5.84 Å². The van der Waals surface area contributed by atoms with Crippen LogP contribution in [0.1, 0.15) is 18.1 Å². The van der Waals surface area contributed by atoms with Gasteiger partial charge in [0.1, 0.15) is 5.84 Å². The van der Waals surface area contributed by atoms with Gasteiger partial charge in [0.25, 0.3) is 0 Å². The molecular formula is C10H15N3. The molecule has 0 fully saturated rings. The van der Waals surface area contributed by atoms with E-state index in [9.17, 15) is 0 Å². The Kier molecular flexibility index (Phi) is 2.90. The zero-order valence-electron chi connectivity index (χ0n) is 8.02. The highest BCUT2D eigenvalue weighted by Gasteiger charge is 2.03. The molecule has 13 heavy (non-hydrogen) atoms. The van der Waals surface area contributed by atoms with Crippen LogP contribution in [-0.4, -0.2) is 12.4 Å². The highest BCUT2D eigenvalue weighted by atomic mass is 14.9. The Morgan fingerprint density at radius 1 is 1.54 bits per heavy atom. The second kappa shape index (κ2) is 3.94. The van der Waals surface area contributed by atoms with Gasteiger partial charge in [-0.05, 0) is 26.0 Å². The Hall–Kier alpha value is -1.51. The Morgan fingerprint density at radius 2 is 2.23 bits per heavy atom. The molecular weight excluding hydrogens is 162 g/mol. The summed E-state index contributed by atoms with van der Waals surface area (Å²) in [5.74, 6) is 0.111. The number of rotatable bonds is 3. The first kappa shape index (κ1) is 9.58. The molecule has 0 aliphatic heterocycles. The molecule has 70 valence electrons. The van der Waals surface area contributed by atoms with Gasteiger partial charge in [-0.3, -0.25) is 5.41 Å². The monoisotopic (exact) mass is 177 g/mol. The van der Waals surface area contributed by atoms with Crippen LogP contribution in [0.5, 0.6) is 0 Å². The van der Waals surface area contributed by atoms with E-state index < -0.39 is 0 Å². The molecule has 1 aromatic carbocycles. The van der Waals surface area contributed by atoms with Crippen LogP contribution in [0.2, 0.25) is 0 Å². The van der Waals surface area contributed by atoms with Crippen LogP contribution in [0.4, 0.5) is 5.69 Å². The van der Waals surface area contributed by atoms with E-state index in [0.29, 0.717) is 0 Å². The van der Waals surface area contributed by atoms with Crippen LogP contribution in [-0.2, 0) is 0 Å². The summed E-state index contributed by atoms with van der Waals surface area (Å²) in [4.78, 5) is 0. The molecule has 0 aliphatic rings. The quantitative estimate of drug-likeness (QED) is 0.486. The maximum absolute atomic E-state index is 7.39. The maximum Gasteiger partial charge on any atom is 0.124 e. The zero-order chi connectivity index (χ0) is 9.84. The smallest absolute Gasteiger partial charge is 0.124 e. The number of nitrogen functional groups attached to an aromatic ring is 1. The van der Waals surface area contributed by atoms with Crippen molar-refractivity contribution in [2.45, 2.75) is 13.8 Å². The molecule has 0 heterocycles. The van der Waals surface area contributed by atoms with Gasteiger partial charge in [-0.25, -0.2) is 0 Å². The molecule has 0 amide bonds. The second-order valence-corrected chi connectivity index (χ2v) is 2.99. The average molecular weight is 177 g/mol. The highest BCUT2D eigenvalue weighted by molar-refractivity contribution is 6.00. The van der Waals surface area contributed by atoms with Crippen molar-refractivity contribution >= 4 is 11.5 Å². The number of anilines is 1. The molecule has 0 bridgehead atoms. The topological polar surface area (TPSA) is 61.9 Å². The molecule has 1 rings (SSSR count). The summed E-state index contributed by atoms with van der Waals surface area (Å²) in [7, 11) is 0. The van der Waals surface area contributed by atoms with Crippen LogP contribution in [0.15, 0.2) is 18.2 Å². The van der Waals surface area contributed by atoms with Gasteiger partial charge < -0.3 is 11.1 Å². The number of hydrogen-bond acceptors (Lipinski definition) is 2. The normalized spacial score (nSPS) is 9.69. The van der Waals surface area contributed by atoms with Crippen molar-refractivity contribution in [2.75, 3.05) is 11.9 Å². The lowest BCUT2D eigenvalue weighted by Gasteiger charge is -2.09. The minimum absolute atomic E-state index is 0.111. The van der Waals surface area contributed by atoms with E-state index >= 15 is 0 Å². The van der Waals surface area contributed by atoms with Crippen molar-refractivity contribution in [1.82, 2.24) is 0 Å². The van der Waals surface area contributed by atoms with Crippen LogP contribution in [0.25, 0.3) is 0 Å². The lowest BCUT2D eigenvalue weighted by molar-refractivity contribution is 1.20. The highest BCUT2D eigenvalue weighted by Crippen LogP contribution is 2.16. The van der Waals surface area contributed by atoms with E-state index in [0.717, 1.165) is 23.4 Å². The minimum atomic E-state index is 0.111. The predicted octanol–water partition coefficient (Wildman–Crippen LogP) is 1.71. The summed E-state index contributed by atoms with van der Waals surface area (Å²) in [5, 5.41) is 10.6. The van der Waals surface area contributed by atoms with Gasteiger partial charge in [-0.15, -0.1) is 0 Å². The average Bonchev–Trinajstić information content (AvgIpc) is 2.08. The minimum Gasteiger partial charge on any atom is -0.385 e. The summed E-state index contributed by atoms with van der Waals surface area (Å²) >= 11 is 0. The molecule has 0 atom stereocenters. The van der Waals surface area contributed by atoms with Crippen molar-refractivity contribution in [3.05, 3.63) is 29.3 Å². The van der Waals surface area contributed by atoms with Crippen molar-refractivity contribution in [3.8, 4) is 0 Å². The number of hydrogen-bond donors (Lipinski definition) is 3. The van der Waals surface area contributed by atoms with Gasteiger partial charge in [0.05, 0.1) is 0 Å². The number of nitrogens with one attached hydrogen (secondary N) is 2. The Labute approximate surface area is 78.5 Å². The first-order valence-electron chi connectivity index (χ1n) is 4.34. The van der Waals surface area contributed by atoms with Crippen LogP contribution < -0.4 is 11.1 Å². The lowest BCUT2D eigenvalue weighted by Crippen LogP contribution is -2.14. The fourth-order valence-corrected chi connectivity index (χ4v) is 1.23. The largest absolute Gasteiger partial charge is 0.385 e. The molecule has 1 aromatic rings. The van der Waals surface area contributed by atoms with Crippen molar-refractivity contribution in [2.24, 2.45) is 5.73 Å².